The fourth-order valence-electron chi connectivity index (χ4n) is 3.34. The van der Waals surface area contributed by atoms with Gasteiger partial charge in [0.25, 0.3) is 5.91 Å². The van der Waals surface area contributed by atoms with Crippen LogP contribution < -0.4 is 0 Å². The molecule has 1 atom stereocenters. The van der Waals surface area contributed by atoms with Crippen molar-refractivity contribution in [2.45, 2.75) is 39.2 Å². The van der Waals surface area contributed by atoms with Crippen molar-refractivity contribution < 1.29 is 4.79 Å². The topological polar surface area (TPSA) is 38.1 Å². The van der Waals surface area contributed by atoms with Gasteiger partial charge in [0.05, 0.1) is 11.8 Å². The predicted octanol–water partition coefficient (Wildman–Crippen LogP) is 3.88. The number of likely N-dealkylation sites (tertiary alicyclic amines) is 1. The lowest BCUT2D eigenvalue weighted by Gasteiger charge is -2.33. The summed E-state index contributed by atoms with van der Waals surface area (Å²) in [5.41, 5.74) is 3.19. The van der Waals surface area contributed by atoms with Crippen LogP contribution in [0.4, 0.5) is 0 Å². The van der Waals surface area contributed by atoms with Crippen LogP contribution in [0.3, 0.4) is 0 Å². The van der Waals surface area contributed by atoms with Crippen molar-refractivity contribution in [3.8, 4) is 0 Å². The van der Waals surface area contributed by atoms with Crippen molar-refractivity contribution in [2.24, 2.45) is 0 Å². The Balaban J connectivity index is 1.76. The lowest BCUT2D eigenvalue weighted by Crippen LogP contribution is -2.39. The summed E-state index contributed by atoms with van der Waals surface area (Å²) in [7, 11) is 0. The van der Waals surface area contributed by atoms with Crippen LogP contribution in [0.5, 0.6) is 0 Å². The Morgan fingerprint density at radius 2 is 2.26 bits per heavy atom. The maximum absolute atomic E-state index is 12.7. The first-order valence-corrected chi connectivity index (χ1v) is 8.54. The maximum atomic E-state index is 12.7. The van der Waals surface area contributed by atoms with Crippen molar-refractivity contribution in [2.75, 3.05) is 13.1 Å². The number of nitrogens with zero attached hydrogens (tertiary/aromatic N) is 3. The summed E-state index contributed by atoms with van der Waals surface area (Å²) in [6.45, 7) is 6.46. The number of carbonyl (C=O) groups excluding carboxylic acids is 1. The van der Waals surface area contributed by atoms with Crippen LogP contribution in [0.25, 0.3) is 0 Å². The highest BCUT2D eigenvalue weighted by Crippen LogP contribution is 2.31. The van der Waals surface area contributed by atoms with Crippen molar-refractivity contribution >= 4 is 17.5 Å². The number of aromatic nitrogens is 2. The zero-order valence-electron chi connectivity index (χ0n) is 13.6. The highest BCUT2D eigenvalue weighted by molar-refractivity contribution is 6.30. The molecule has 23 heavy (non-hydrogen) atoms. The van der Waals surface area contributed by atoms with Crippen molar-refractivity contribution in [3.63, 3.8) is 0 Å². The molecule has 1 aliphatic heterocycles. The van der Waals surface area contributed by atoms with Gasteiger partial charge in [-0.05, 0) is 49.9 Å². The Hall–Kier alpha value is -1.81. The Morgan fingerprint density at radius 3 is 2.96 bits per heavy atom. The Labute approximate surface area is 142 Å². The number of carbonyl (C=O) groups is 1. The van der Waals surface area contributed by atoms with Gasteiger partial charge in [0.2, 0.25) is 0 Å². The SMILES string of the molecule is CCn1cc(C(=O)N2CCC[C@H](c3ccc(Cl)cc3C)C2)cn1. The number of piperidine rings is 1. The van der Waals surface area contributed by atoms with E-state index in [0.29, 0.717) is 11.5 Å². The molecule has 2 aromatic rings. The fraction of sp³-hybridized carbons (Fsp3) is 0.444. The maximum Gasteiger partial charge on any atom is 0.257 e. The van der Waals surface area contributed by atoms with Crippen LogP contribution in [0.1, 0.15) is 47.2 Å². The minimum atomic E-state index is 0.0843. The van der Waals surface area contributed by atoms with E-state index >= 15 is 0 Å². The largest absolute Gasteiger partial charge is 0.338 e. The second-order valence-electron chi connectivity index (χ2n) is 6.18. The smallest absolute Gasteiger partial charge is 0.257 e. The Kier molecular flexibility index (Phi) is 4.71. The second kappa shape index (κ2) is 6.75. The number of amides is 1. The average molecular weight is 332 g/mol. The molecule has 1 saturated heterocycles. The quantitative estimate of drug-likeness (QED) is 0.856. The monoisotopic (exact) mass is 331 g/mol. The highest BCUT2D eigenvalue weighted by Gasteiger charge is 2.26. The van der Waals surface area contributed by atoms with E-state index in [1.165, 1.54) is 11.1 Å². The van der Waals surface area contributed by atoms with E-state index in [9.17, 15) is 4.79 Å². The number of aryl methyl sites for hydroxylation is 2. The van der Waals surface area contributed by atoms with Crippen LogP contribution in [0.15, 0.2) is 30.6 Å². The van der Waals surface area contributed by atoms with Crippen LogP contribution in [0.2, 0.25) is 5.02 Å². The molecule has 1 fully saturated rings. The fourth-order valence-corrected chi connectivity index (χ4v) is 3.57. The molecule has 0 bridgehead atoms. The van der Waals surface area contributed by atoms with Gasteiger partial charge in [-0.25, -0.2) is 0 Å². The summed E-state index contributed by atoms with van der Waals surface area (Å²) in [6.07, 6.45) is 5.64. The van der Waals surface area contributed by atoms with Crippen LogP contribution in [-0.2, 0) is 6.54 Å². The number of benzene rings is 1. The molecule has 0 unspecified atom stereocenters. The van der Waals surface area contributed by atoms with Gasteiger partial charge < -0.3 is 4.90 Å². The molecule has 0 saturated carbocycles. The van der Waals surface area contributed by atoms with Crippen molar-refractivity contribution in [3.05, 3.63) is 52.3 Å². The number of rotatable bonds is 3. The van der Waals surface area contributed by atoms with Gasteiger partial charge in [0, 0.05) is 36.8 Å². The minimum absolute atomic E-state index is 0.0843. The molecule has 122 valence electrons. The van der Waals surface area contributed by atoms with E-state index in [1.54, 1.807) is 10.9 Å². The van der Waals surface area contributed by atoms with E-state index in [4.69, 9.17) is 11.6 Å². The highest BCUT2D eigenvalue weighted by atomic mass is 35.5. The van der Waals surface area contributed by atoms with Crippen LogP contribution >= 0.6 is 11.6 Å². The molecule has 0 spiro atoms. The van der Waals surface area contributed by atoms with Gasteiger partial charge in [0.15, 0.2) is 0 Å². The predicted molar refractivity (Wildman–Crippen MR) is 92.0 cm³/mol. The first kappa shape index (κ1) is 16.1. The Bertz CT molecular complexity index is 710. The van der Waals surface area contributed by atoms with Crippen molar-refractivity contribution in [1.29, 1.82) is 0 Å². The Morgan fingerprint density at radius 1 is 1.43 bits per heavy atom. The minimum Gasteiger partial charge on any atom is -0.338 e. The molecule has 1 aromatic heterocycles. The number of hydrogen-bond donors (Lipinski definition) is 0. The van der Waals surface area contributed by atoms with E-state index < -0.39 is 0 Å². The van der Waals surface area contributed by atoms with Gasteiger partial charge in [0.1, 0.15) is 0 Å². The lowest BCUT2D eigenvalue weighted by molar-refractivity contribution is 0.0707. The van der Waals surface area contributed by atoms with Gasteiger partial charge in [-0.3, -0.25) is 9.48 Å². The lowest BCUT2D eigenvalue weighted by atomic mass is 9.88. The second-order valence-corrected chi connectivity index (χ2v) is 6.61. The summed E-state index contributed by atoms with van der Waals surface area (Å²) in [4.78, 5) is 14.7. The number of halogens is 1. The molecule has 2 heterocycles. The van der Waals surface area contributed by atoms with Gasteiger partial charge in [-0.1, -0.05) is 17.7 Å². The molecule has 1 aliphatic rings. The van der Waals surface area contributed by atoms with E-state index in [2.05, 4.69) is 18.1 Å². The third-order valence-corrected chi connectivity index (χ3v) is 4.82. The summed E-state index contributed by atoms with van der Waals surface area (Å²) in [5, 5.41) is 4.97. The third-order valence-electron chi connectivity index (χ3n) is 4.58. The third kappa shape index (κ3) is 3.42. The van der Waals surface area contributed by atoms with E-state index in [-0.39, 0.29) is 5.91 Å². The normalized spacial score (nSPS) is 18.2. The van der Waals surface area contributed by atoms with Gasteiger partial charge >= 0.3 is 0 Å². The molecule has 1 amide bonds. The molecule has 5 heteroatoms. The molecular weight excluding hydrogens is 310 g/mol. The van der Waals surface area contributed by atoms with Crippen LogP contribution in [-0.4, -0.2) is 33.7 Å². The number of hydrogen-bond acceptors (Lipinski definition) is 2. The zero-order chi connectivity index (χ0) is 16.4. The first-order valence-electron chi connectivity index (χ1n) is 8.16. The summed E-state index contributed by atoms with van der Waals surface area (Å²) in [5.74, 6) is 0.465. The molecule has 0 radical (unpaired) electrons. The average Bonchev–Trinajstić information content (AvgIpc) is 3.03. The first-order chi connectivity index (χ1) is 11.1. The van der Waals surface area contributed by atoms with Gasteiger partial charge in [-0.15, -0.1) is 0 Å². The molecular formula is C18H22ClN3O. The molecule has 1 aromatic carbocycles. The molecule has 0 aliphatic carbocycles. The molecule has 4 nitrogen and oxygen atoms in total. The molecule has 0 N–H and O–H groups in total. The summed E-state index contributed by atoms with van der Waals surface area (Å²) >= 11 is 6.06. The summed E-state index contributed by atoms with van der Waals surface area (Å²) in [6, 6.07) is 6.05. The van der Waals surface area contributed by atoms with Gasteiger partial charge in [-0.2, -0.15) is 5.10 Å². The van der Waals surface area contributed by atoms with E-state index in [0.717, 1.165) is 37.5 Å². The van der Waals surface area contributed by atoms with Crippen molar-refractivity contribution in [1.82, 2.24) is 14.7 Å². The summed E-state index contributed by atoms with van der Waals surface area (Å²) < 4.78 is 1.79. The molecule has 3 rings (SSSR count). The van der Waals surface area contributed by atoms with E-state index in [1.807, 2.05) is 30.2 Å². The van der Waals surface area contributed by atoms with Crippen LogP contribution in [0, 0.1) is 6.92 Å². The zero-order valence-corrected chi connectivity index (χ0v) is 14.4. The standard InChI is InChI=1S/C18H22ClN3O/c1-3-22-12-15(10-20-22)18(23)21-8-4-5-14(11-21)17-7-6-16(19)9-13(17)2/h6-7,9-10,12,14H,3-5,8,11H2,1-2H3/t14-/m0/s1.